The molecule has 192 valence electrons. The van der Waals surface area contributed by atoms with E-state index in [0.29, 0.717) is 42.3 Å². The summed E-state index contributed by atoms with van der Waals surface area (Å²) in [5, 5.41) is 0. The molecule has 36 heavy (non-hydrogen) atoms. The molecule has 8 rings (SSSR count). The molecule has 0 aromatic carbocycles. The van der Waals surface area contributed by atoms with E-state index in [2.05, 4.69) is 19.5 Å². The van der Waals surface area contributed by atoms with Crippen LogP contribution in [-0.2, 0) is 9.53 Å². The van der Waals surface area contributed by atoms with Crippen molar-refractivity contribution in [2.45, 2.75) is 50.4 Å². The Morgan fingerprint density at radius 2 is 1.92 bits per heavy atom. The Kier molecular flexibility index (Phi) is 5.78. The van der Waals surface area contributed by atoms with Crippen LogP contribution in [0.25, 0.3) is 11.3 Å². The number of amides is 1. The molecule has 1 amide bonds. The van der Waals surface area contributed by atoms with Crippen molar-refractivity contribution < 1.29 is 23.0 Å². The van der Waals surface area contributed by atoms with Crippen molar-refractivity contribution in [3.05, 3.63) is 18.3 Å². The molecule has 1 aliphatic carbocycles. The van der Waals surface area contributed by atoms with Crippen LogP contribution in [-0.4, -0.2) is 83.8 Å². The van der Waals surface area contributed by atoms with Gasteiger partial charge < -0.3 is 29.9 Å². The quantitative estimate of drug-likeness (QED) is 0.610. The van der Waals surface area contributed by atoms with Crippen LogP contribution in [0.2, 0.25) is 0 Å². The summed E-state index contributed by atoms with van der Waals surface area (Å²) in [4.78, 5) is 32.8. The van der Waals surface area contributed by atoms with Crippen molar-refractivity contribution in [2.75, 3.05) is 48.9 Å². The zero-order chi connectivity index (χ0) is 25.0. The summed E-state index contributed by atoms with van der Waals surface area (Å²) >= 11 is 0. The summed E-state index contributed by atoms with van der Waals surface area (Å²) in [5.41, 5.74) is 6.85. The number of alkyl halides is 2. The number of fused-ring (bicyclic) bond motifs is 4. The van der Waals surface area contributed by atoms with Crippen LogP contribution in [0.5, 0.6) is 5.75 Å². The van der Waals surface area contributed by atoms with Gasteiger partial charge in [0.25, 0.3) is 0 Å². The highest BCUT2D eigenvalue weighted by Crippen LogP contribution is 2.43. The molecule has 0 radical (unpaired) electrons. The fraction of sp³-hybridized carbons (Fsp3) is 0.583. The second-order valence-corrected chi connectivity index (χ2v) is 10.1. The second kappa shape index (κ2) is 8.99. The van der Waals surface area contributed by atoms with Crippen LogP contribution < -0.4 is 20.3 Å². The van der Waals surface area contributed by atoms with Crippen LogP contribution >= 0.6 is 0 Å². The third kappa shape index (κ3) is 4.06. The van der Waals surface area contributed by atoms with E-state index in [0.717, 1.165) is 38.0 Å². The van der Waals surface area contributed by atoms with Gasteiger partial charge in [-0.25, -0.2) is 9.97 Å². The lowest BCUT2D eigenvalue weighted by atomic mass is 9.86. The van der Waals surface area contributed by atoms with Gasteiger partial charge >= 0.3 is 6.61 Å². The third-order valence-electron chi connectivity index (χ3n) is 7.87. The first-order valence-corrected chi connectivity index (χ1v) is 12.3. The number of methoxy groups -OCH3 is 1. The summed E-state index contributed by atoms with van der Waals surface area (Å²) in [7, 11) is 1.53. The predicted molar refractivity (Wildman–Crippen MR) is 128 cm³/mol. The molecule has 7 heterocycles. The molecule has 2 aromatic heterocycles. The highest BCUT2D eigenvalue weighted by Gasteiger charge is 2.45. The maximum Gasteiger partial charge on any atom is 0.387 e. The minimum Gasteiger partial charge on any atom is -0.431 e. The minimum atomic E-state index is -3.01. The molecule has 4 bridgehead atoms. The fourth-order valence-electron chi connectivity index (χ4n) is 6.03. The number of hydrogen-bond donors (Lipinski definition) is 1. The van der Waals surface area contributed by atoms with Gasteiger partial charge in [0.15, 0.2) is 11.6 Å². The molecule has 6 aliphatic rings. The minimum absolute atomic E-state index is 0.00673. The molecular formula is C24H29F2N7O3. The van der Waals surface area contributed by atoms with Gasteiger partial charge in [-0.3, -0.25) is 4.79 Å². The average Bonchev–Trinajstić information content (AvgIpc) is 3.47. The van der Waals surface area contributed by atoms with Crippen molar-refractivity contribution in [3.63, 3.8) is 0 Å². The summed E-state index contributed by atoms with van der Waals surface area (Å²) in [5.74, 6) is 1.78. The molecule has 6 fully saturated rings. The van der Waals surface area contributed by atoms with E-state index in [1.807, 2.05) is 11.0 Å². The van der Waals surface area contributed by atoms with Crippen molar-refractivity contribution in [2.24, 2.45) is 5.92 Å². The number of nitrogens with two attached hydrogens (primary N) is 1. The topological polar surface area (TPSA) is 110 Å². The molecule has 1 saturated carbocycles. The molecule has 0 spiro atoms. The van der Waals surface area contributed by atoms with Crippen molar-refractivity contribution in [1.82, 2.24) is 19.9 Å². The van der Waals surface area contributed by atoms with Gasteiger partial charge in [-0.05, 0) is 37.7 Å². The largest absolute Gasteiger partial charge is 0.431 e. The van der Waals surface area contributed by atoms with E-state index in [1.54, 1.807) is 0 Å². The lowest BCUT2D eigenvalue weighted by Crippen LogP contribution is -2.64. The highest BCUT2D eigenvalue weighted by molar-refractivity contribution is 5.78. The smallest absolute Gasteiger partial charge is 0.387 e. The SMILES string of the molecule is COCC(=O)N1C[C@@H]2CC[C@H]1CN2c1cc(-c2cnc(N)c(OC(F)F)c2)nc(N2CC3CC2C3)n1. The van der Waals surface area contributed by atoms with Gasteiger partial charge in [0.1, 0.15) is 12.4 Å². The Morgan fingerprint density at radius 1 is 1.11 bits per heavy atom. The van der Waals surface area contributed by atoms with Gasteiger partial charge in [0.05, 0.1) is 5.69 Å². The second-order valence-electron chi connectivity index (χ2n) is 10.1. The molecule has 2 aromatic rings. The predicted octanol–water partition coefficient (Wildman–Crippen LogP) is 2.15. The van der Waals surface area contributed by atoms with Crippen molar-refractivity contribution in [3.8, 4) is 17.0 Å². The zero-order valence-electron chi connectivity index (χ0n) is 20.0. The Morgan fingerprint density at radius 3 is 2.58 bits per heavy atom. The zero-order valence-corrected chi connectivity index (χ0v) is 20.0. The number of ether oxygens (including phenoxy) is 2. The molecule has 2 N–H and O–H groups in total. The Bertz CT molecular complexity index is 1160. The average molecular weight is 502 g/mol. The molecule has 2 atom stereocenters. The third-order valence-corrected chi connectivity index (χ3v) is 7.87. The number of anilines is 3. The molecule has 0 unspecified atom stereocenters. The Hall–Kier alpha value is -3.28. The van der Waals surface area contributed by atoms with Gasteiger partial charge in [0, 0.05) is 62.7 Å². The summed E-state index contributed by atoms with van der Waals surface area (Å²) in [6.45, 7) is -0.730. The number of aromatic nitrogens is 3. The van der Waals surface area contributed by atoms with E-state index >= 15 is 0 Å². The number of nitrogen functional groups attached to an aromatic ring is 1. The molecular weight excluding hydrogens is 472 g/mol. The highest BCUT2D eigenvalue weighted by atomic mass is 19.3. The maximum absolute atomic E-state index is 12.9. The molecule has 10 nitrogen and oxygen atoms in total. The standard InChI is InChI=1S/C24H29F2N7O3/c1-35-12-21(34)32-11-15-2-3-16(32)10-31(15)20-7-18(14-6-19(36-23(25)26)22(27)28-8-14)29-24(30-20)33-9-13-4-17(33)5-13/h6-8,13,15-17,23H,2-5,9-12H2,1H3,(H2,27,28)/t13?,15-,16-,17?/m0/s1. The normalized spacial score (nSPS) is 26.5. The van der Waals surface area contributed by atoms with Crippen LogP contribution in [0.3, 0.4) is 0 Å². The van der Waals surface area contributed by atoms with Gasteiger partial charge in [-0.1, -0.05) is 0 Å². The van der Waals surface area contributed by atoms with Gasteiger partial charge in [-0.15, -0.1) is 0 Å². The van der Waals surface area contributed by atoms with E-state index < -0.39 is 6.61 Å². The molecule has 12 heteroatoms. The maximum atomic E-state index is 12.9. The Balaban J connectivity index is 1.35. The van der Waals surface area contributed by atoms with Gasteiger partial charge in [-0.2, -0.15) is 13.8 Å². The van der Waals surface area contributed by atoms with E-state index in [-0.39, 0.29) is 36.2 Å². The summed E-state index contributed by atoms with van der Waals surface area (Å²) in [6, 6.07) is 3.96. The summed E-state index contributed by atoms with van der Waals surface area (Å²) in [6.07, 6.45) is 5.70. The first-order chi connectivity index (χ1) is 17.4. The van der Waals surface area contributed by atoms with Crippen LogP contribution in [0.4, 0.5) is 26.4 Å². The monoisotopic (exact) mass is 501 g/mol. The first-order valence-electron chi connectivity index (χ1n) is 12.3. The Labute approximate surface area is 207 Å². The lowest BCUT2D eigenvalue weighted by molar-refractivity contribution is -0.140. The number of nitrogens with zero attached hydrogens (tertiary/aromatic N) is 6. The fourth-order valence-corrected chi connectivity index (χ4v) is 6.03. The van der Waals surface area contributed by atoms with E-state index in [1.165, 1.54) is 19.4 Å². The van der Waals surface area contributed by atoms with Crippen LogP contribution in [0, 0.1) is 5.92 Å². The van der Waals surface area contributed by atoms with E-state index in [9.17, 15) is 13.6 Å². The number of piperazine rings is 1. The van der Waals surface area contributed by atoms with Gasteiger partial charge in [0.2, 0.25) is 11.9 Å². The number of carbonyl (C=O) groups is 1. The van der Waals surface area contributed by atoms with Crippen molar-refractivity contribution in [1.29, 1.82) is 0 Å². The number of piperidine rings is 2. The molecule has 5 aliphatic heterocycles. The van der Waals surface area contributed by atoms with Crippen molar-refractivity contribution >= 4 is 23.5 Å². The first kappa shape index (κ1) is 23.1. The number of halogens is 2. The number of rotatable bonds is 7. The van der Waals surface area contributed by atoms with E-state index in [4.69, 9.17) is 20.4 Å². The lowest BCUT2D eigenvalue weighted by Gasteiger charge is -2.52. The number of hydrogen-bond acceptors (Lipinski definition) is 9. The van der Waals surface area contributed by atoms with Crippen LogP contribution in [0.15, 0.2) is 18.3 Å². The van der Waals surface area contributed by atoms with Crippen LogP contribution in [0.1, 0.15) is 25.7 Å². The molecule has 5 saturated heterocycles. The number of pyridine rings is 1. The summed E-state index contributed by atoms with van der Waals surface area (Å²) < 4.78 is 35.4. The number of carbonyl (C=O) groups excluding carboxylic acids is 1.